The summed E-state index contributed by atoms with van der Waals surface area (Å²) < 4.78 is 5.51. The Morgan fingerprint density at radius 2 is 1.72 bits per heavy atom. The van der Waals surface area contributed by atoms with Gasteiger partial charge in [-0.1, -0.05) is 18.2 Å². The predicted molar refractivity (Wildman–Crippen MR) is 154 cm³/mol. The zero-order valence-corrected chi connectivity index (χ0v) is 22.7. The number of rotatable bonds is 7. The third-order valence-corrected chi connectivity index (χ3v) is 7.28. The number of likely N-dealkylation sites (N-methyl/N-ethyl adjacent to an activating group) is 1. The van der Waals surface area contributed by atoms with E-state index in [-0.39, 0.29) is 5.91 Å². The number of hydrogen-bond donors (Lipinski definition) is 2. The van der Waals surface area contributed by atoms with Crippen molar-refractivity contribution in [3.63, 3.8) is 0 Å². The summed E-state index contributed by atoms with van der Waals surface area (Å²) in [5.41, 5.74) is 3.76. The average Bonchev–Trinajstić information content (AvgIpc) is 3.47. The number of pyridine rings is 1. The maximum atomic E-state index is 13.1. The number of aryl methyl sites for hydroxylation is 1. The normalized spacial score (nSPS) is 16.2. The van der Waals surface area contributed by atoms with Crippen LogP contribution in [0.4, 0.5) is 22.0 Å². The van der Waals surface area contributed by atoms with Crippen molar-refractivity contribution in [1.82, 2.24) is 14.8 Å². The van der Waals surface area contributed by atoms with Crippen molar-refractivity contribution in [3.8, 4) is 5.75 Å². The van der Waals surface area contributed by atoms with Crippen molar-refractivity contribution in [2.45, 2.75) is 26.3 Å². The summed E-state index contributed by atoms with van der Waals surface area (Å²) in [5, 5.41) is 5.76. The molecular formula is C30H36N6O3. The van der Waals surface area contributed by atoms with Crippen LogP contribution in [-0.2, 0) is 6.54 Å². The molecule has 5 rings (SSSR count). The minimum Gasteiger partial charge on any atom is -0.410 e. The van der Waals surface area contributed by atoms with E-state index in [1.165, 1.54) is 0 Å². The van der Waals surface area contributed by atoms with Gasteiger partial charge in [0, 0.05) is 75.0 Å². The fourth-order valence-corrected chi connectivity index (χ4v) is 4.94. The number of benzene rings is 2. The van der Waals surface area contributed by atoms with E-state index in [1.807, 2.05) is 31.2 Å². The number of amides is 2. The van der Waals surface area contributed by atoms with E-state index in [0.29, 0.717) is 22.7 Å². The number of anilines is 3. The van der Waals surface area contributed by atoms with Gasteiger partial charge in [0.2, 0.25) is 0 Å². The van der Waals surface area contributed by atoms with Crippen LogP contribution >= 0.6 is 0 Å². The second-order valence-electron chi connectivity index (χ2n) is 10.3. The molecule has 0 radical (unpaired) electrons. The zero-order valence-electron chi connectivity index (χ0n) is 22.7. The topological polar surface area (TPSA) is 90.0 Å². The number of nitrogens with one attached hydrogen (secondary N) is 2. The van der Waals surface area contributed by atoms with Crippen LogP contribution in [-0.4, -0.2) is 73.1 Å². The second-order valence-corrected chi connectivity index (χ2v) is 10.3. The van der Waals surface area contributed by atoms with Crippen LogP contribution in [0.3, 0.4) is 0 Å². The van der Waals surface area contributed by atoms with Crippen LogP contribution in [0.5, 0.6) is 5.75 Å². The van der Waals surface area contributed by atoms with Gasteiger partial charge in [0.15, 0.2) is 0 Å². The van der Waals surface area contributed by atoms with Crippen LogP contribution in [0.25, 0.3) is 0 Å². The van der Waals surface area contributed by atoms with Gasteiger partial charge < -0.3 is 19.9 Å². The van der Waals surface area contributed by atoms with E-state index in [2.05, 4.69) is 43.4 Å². The summed E-state index contributed by atoms with van der Waals surface area (Å²) in [5.74, 6) is 1.05. The Kier molecular flexibility index (Phi) is 8.39. The first-order chi connectivity index (χ1) is 18.9. The lowest BCUT2D eigenvalue weighted by molar-refractivity contribution is 0.102. The van der Waals surface area contributed by atoms with E-state index in [9.17, 15) is 9.59 Å². The van der Waals surface area contributed by atoms with E-state index in [0.717, 1.165) is 75.6 Å². The van der Waals surface area contributed by atoms with Crippen LogP contribution < -0.4 is 20.3 Å². The Morgan fingerprint density at radius 1 is 0.923 bits per heavy atom. The van der Waals surface area contributed by atoms with Gasteiger partial charge in [0.05, 0.1) is 0 Å². The molecule has 39 heavy (non-hydrogen) atoms. The molecule has 9 nitrogen and oxygen atoms in total. The van der Waals surface area contributed by atoms with Crippen LogP contribution in [0.2, 0.25) is 0 Å². The first kappa shape index (κ1) is 26.6. The number of carbonyl (C=O) groups is 2. The molecule has 2 aliphatic heterocycles. The maximum absolute atomic E-state index is 13.1. The SMILES string of the molecule is Cc1ccc(NC(=O)Oc2ccnc(N3CCCC3)c2)cc1NC(=O)c1cccc(CN2CCN(C)CC2)c1. The summed E-state index contributed by atoms with van der Waals surface area (Å²) in [7, 11) is 2.14. The van der Waals surface area contributed by atoms with Crippen molar-refractivity contribution in [3.05, 3.63) is 77.5 Å². The summed E-state index contributed by atoms with van der Waals surface area (Å²) >= 11 is 0. The Labute approximate surface area is 229 Å². The second kappa shape index (κ2) is 12.3. The summed E-state index contributed by atoms with van der Waals surface area (Å²) in [6.45, 7) is 8.82. The molecule has 0 spiro atoms. The van der Waals surface area contributed by atoms with Crippen molar-refractivity contribution >= 4 is 29.2 Å². The fourth-order valence-electron chi connectivity index (χ4n) is 4.94. The van der Waals surface area contributed by atoms with Gasteiger partial charge >= 0.3 is 6.09 Å². The average molecular weight is 529 g/mol. The number of ether oxygens (including phenoxy) is 1. The highest BCUT2D eigenvalue weighted by Gasteiger charge is 2.17. The Morgan fingerprint density at radius 3 is 2.51 bits per heavy atom. The van der Waals surface area contributed by atoms with Gasteiger partial charge in [-0.2, -0.15) is 0 Å². The molecular weight excluding hydrogens is 492 g/mol. The number of nitrogens with zero attached hydrogens (tertiary/aromatic N) is 4. The third-order valence-electron chi connectivity index (χ3n) is 7.28. The van der Waals surface area contributed by atoms with E-state index < -0.39 is 6.09 Å². The molecule has 3 aromatic rings. The van der Waals surface area contributed by atoms with Gasteiger partial charge in [-0.25, -0.2) is 9.78 Å². The Hall–Kier alpha value is -3.95. The van der Waals surface area contributed by atoms with Gasteiger partial charge in [-0.05, 0) is 68.3 Å². The molecule has 2 aliphatic rings. The first-order valence-corrected chi connectivity index (χ1v) is 13.5. The van der Waals surface area contributed by atoms with Crippen LogP contribution in [0.15, 0.2) is 60.8 Å². The minimum absolute atomic E-state index is 0.190. The summed E-state index contributed by atoms with van der Waals surface area (Å²) in [6.07, 6.45) is 3.32. The number of carbonyl (C=O) groups excluding carboxylic acids is 2. The molecule has 0 aliphatic carbocycles. The van der Waals surface area contributed by atoms with Gasteiger partial charge in [-0.15, -0.1) is 0 Å². The minimum atomic E-state index is -0.605. The van der Waals surface area contributed by atoms with Crippen molar-refractivity contribution in [1.29, 1.82) is 0 Å². The lowest BCUT2D eigenvalue weighted by Gasteiger charge is -2.32. The monoisotopic (exact) mass is 528 g/mol. The molecule has 0 atom stereocenters. The zero-order chi connectivity index (χ0) is 27.2. The standard InChI is InChI=1S/C30H36N6O3/c1-22-8-9-25(32-30(38)39-26-10-11-31-28(20-26)36-12-3-4-13-36)19-27(22)33-29(37)24-7-5-6-23(18-24)21-35-16-14-34(2)15-17-35/h5-11,18-20H,3-4,12-17,21H2,1-2H3,(H,32,38)(H,33,37). The molecule has 3 heterocycles. The van der Waals surface area contributed by atoms with Crippen molar-refractivity contribution < 1.29 is 14.3 Å². The fraction of sp³-hybridized carbons (Fsp3) is 0.367. The smallest absolute Gasteiger partial charge is 0.410 e. The number of aromatic nitrogens is 1. The summed E-state index contributed by atoms with van der Waals surface area (Å²) in [6, 6.07) is 16.6. The van der Waals surface area contributed by atoms with Crippen molar-refractivity contribution in [2.24, 2.45) is 0 Å². The molecule has 1 aromatic heterocycles. The molecule has 2 aromatic carbocycles. The molecule has 204 valence electrons. The molecule has 2 saturated heterocycles. The molecule has 0 bridgehead atoms. The van der Waals surface area contributed by atoms with E-state index >= 15 is 0 Å². The van der Waals surface area contributed by atoms with Gasteiger partial charge in [0.25, 0.3) is 5.91 Å². The highest BCUT2D eigenvalue weighted by atomic mass is 16.6. The maximum Gasteiger partial charge on any atom is 0.417 e. The van der Waals surface area contributed by atoms with E-state index in [1.54, 1.807) is 30.5 Å². The molecule has 0 unspecified atom stereocenters. The predicted octanol–water partition coefficient (Wildman–Crippen LogP) is 4.60. The number of hydrogen-bond acceptors (Lipinski definition) is 7. The molecule has 2 N–H and O–H groups in total. The highest BCUT2D eigenvalue weighted by molar-refractivity contribution is 6.05. The third kappa shape index (κ3) is 7.13. The quantitative estimate of drug-likeness (QED) is 0.463. The van der Waals surface area contributed by atoms with Gasteiger partial charge in [0.1, 0.15) is 11.6 Å². The molecule has 2 fully saturated rings. The number of piperazine rings is 1. The Bertz CT molecular complexity index is 1320. The highest BCUT2D eigenvalue weighted by Crippen LogP contribution is 2.24. The van der Waals surface area contributed by atoms with Crippen molar-refractivity contribution in [2.75, 3.05) is 61.8 Å². The Balaban J connectivity index is 1.20. The lowest BCUT2D eigenvalue weighted by Crippen LogP contribution is -2.43. The molecule has 2 amide bonds. The summed E-state index contributed by atoms with van der Waals surface area (Å²) in [4.78, 5) is 37.0. The van der Waals surface area contributed by atoms with Crippen LogP contribution in [0.1, 0.15) is 34.3 Å². The lowest BCUT2D eigenvalue weighted by atomic mass is 10.1. The van der Waals surface area contributed by atoms with Gasteiger partial charge in [-0.3, -0.25) is 15.0 Å². The molecule has 0 saturated carbocycles. The molecule has 9 heteroatoms. The van der Waals surface area contributed by atoms with E-state index in [4.69, 9.17) is 4.74 Å². The first-order valence-electron chi connectivity index (χ1n) is 13.5. The van der Waals surface area contributed by atoms with Crippen LogP contribution in [0, 0.1) is 6.92 Å². The largest absolute Gasteiger partial charge is 0.417 e.